The van der Waals surface area contributed by atoms with Crippen LogP contribution in [0.15, 0.2) is 24.3 Å². The molecule has 5 heteroatoms. The fourth-order valence-corrected chi connectivity index (χ4v) is 4.40. The van der Waals surface area contributed by atoms with Crippen molar-refractivity contribution in [1.29, 1.82) is 0 Å². The Balaban J connectivity index is 1.63. The van der Waals surface area contributed by atoms with Crippen molar-refractivity contribution in [3.63, 3.8) is 0 Å². The maximum absolute atomic E-state index is 13.1. The molecule has 27 heavy (non-hydrogen) atoms. The molecule has 3 rings (SSSR count). The molecule has 0 aliphatic carbocycles. The molecule has 1 aromatic carbocycles. The van der Waals surface area contributed by atoms with Crippen LogP contribution in [0.4, 0.5) is 0 Å². The number of amides is 1. The monoisotopic (exact) mass is 373 g/mol. The molecule has 1 amide bonds. The van der Waals surface area contributed by atoms with Gasteiger partial charge in [0, 0.05) is 37.8 Å². The highest BCUT2D eigenvalue weighted by atomic mass is 16.5. The first-order chi connectivity index (χ1) is 13.1. The zero-order valence-corrected chi connectivity index (χ0v) is 17.1. The first-order valence-electron chi connectivity index (χ1n) is 10.5. The SMILES string of the molecule is CCCN(C(=O)c1ccc(CN2C[C@H](C)O[C@@H](C)C2)cc1)C1CCNCC1. The van der Waals surface area contributed by atoms with E-state index in [1.807, 2.05) is 12.1 Å². The summed E-state index contributed by atoms with van der Waals surface area (Å²) in [5, 5.41) is 3.39. The van der Waals surface area contributed by atoms with Gasteiger partial charge in [0.15, 0.2) is 0 Å². The summed E-state index contributed by atoms with van der Waals surface area (Å²) in [6.45, 7) is 12.1. The Labute approximate surface area is 164 Å². The van der Waals surface area contributed by atoms with Crippen molar-refractivity contribution in [2.75, 3.05) is 32.7 Å². The minimum atomic E-state index is 0.184. The van der Waals surface area contributed by atoms with Crippen LogP contribution in [0.2, 0.25) is 0 Å². The van der Waals surface area contributed by atoms with Crippen LogP contribution in [-0.2, 0) is 11.3 Å². The van der Waals surface area contributed by atoms with Gasteiger partial charge in [0.25, 0.3) is 5.91 Å². The minimum Gasteiger partial charge on any atom is -0.373 e. The zero-order valence-electron chi connectivity index (χ0n) is 17.1. The van der Waals surface area contributed by atoms with Crippen LogP contribution in [-0.4, -0.2) is 66.7 Å². The van der Waals surface area contributed by atoms with E-state index in [0.29, 0.717) is 6.04 Å². The average Bonchev–Trinajstić information content (AvgIpc) is 2.66. The van der Waals surface area contributed by atoms with Crippen molar-refractivity contribution < 1.29 is 9.53 Å². The number of carbonyl (C=O) groups excluding carboxylic acids is 1. The second-order valence-electron chi connectivity index (χ2n) is 8.13. The van der Waals surface area contributed by atoms with Crippen molar-refractivity contribution >= 4 is 5.91 Å². The Kier molecular flexibility index (Phi) is 7.27. The molecular weight excluding hydrogens is 338 g/mol. The van der Waals surface area contributed by atoms with E-state index in [1.54, 1.807) is 0 Å². The molecule has 0 aromatic heterocycles. The van der Waals surface area contributed by atoms with E-state index in [1.165, 1.54) is 5.56 Å². The number of nitrogens with zero attached hydrogens (tertiary/aromatic N) is 2. The lowest BCUT2D eigenvalue weighted by molar-refractivity contribution is -0.0704. The van der Waals surface area contributed by atoms with Crippen molar-refractivity contribution in [1.82, 2.24) is 15.1 Å². The summed E-state index contributed by atoms with van der Waals surface area (Å²) in [4.78, 5) is 17.6. The summed E-state index contributed by atoms with van der Waals surface area (Å²) in [7, 11) is 0. The standard InChI is InChI=1S/C22H35N3O2/c1-4-13-25(21-9-11-23-12-10-21)22(26)20-7-5-19(6-8-20)16-24-14-17(2)27-18(3)15-24/h5-8,17-18,21,23H,4,9-16H2,1-3H3/t17-,18-/m0/s1. The van der Waals surface area contributed by atoms with E-state index in [4.69, 9.17) is 4.74 Å². The van der Waals surface area contributed by atoms with Gasteiger partial charge in [0.1, 0.15) is 0 Å². The third kappa shape index (κ3) is 5.53. The van der Waals surface area contributed by atoms with E-state index in [9.17, 15) is 4.79 Å². The molecule has 0 saturated carbocycles. The van der Waals surface area contributed by atoms with Gasteiger partial charge in [-0.1, -0.05) is 19.1 Å². The first kappa shape index (κ1) is 20.3. The number of ether oxygens (including phenoxy) is 1. The number of hydrogen-bond acceptors (Lipinski definition) is 4. The molecule has 2 aliphatic rings. The summed E-state index contributed by atoms with van der Waals surface area (Å²) in [6.07, 6.45) is 3.67. The predicted molar refractivity (Wildman–Crippen MR) is 109 cm³/mol. The number of rotatable bonds is 6. The number of piperidine rings is 1. The van der Waals surface area contributed by atoms with Crippen molar-refractivity contribution in [2.24, 2.45) is 0 Å². The van der Waals surface area contributed by atoms with E-state index < -0.39 is 0 Å². The Morgan fingerprint density at radius 2 is 1.78 bits per heavy atom. The molecule has 1 aromatic rings. The molecule has 0 unspecified atom stereocenters. The summed E-state index contributed by atoms with van der Waals surface area (Å²) in [5.41, 5.74) is 2.08. The third-order valence-corrected chi connectivity index (χ3v) is 5.58. The summed E-state index contributed by atoms with van der Waals surface area (Å²) in [6, 6.07) is 8.62. The summed E-state index contributed by atoms with van der Waals surface area (Å²) in [5.74, 6) is 0.184. The van der Waals surface area contributed by atoms with E-state index >= 15 is 0 Å². The van der Waals surface area contributed by atoms with Gasteiger partial charge in [-0.15, -0.1) is 0 Å². The van der Waals surface area contributed by atoms with Crippen molar-refractivity contribution in [2.45, 2.75) is 64.8 Å². The summed E-state index contributed by atoms with van der Waals surface area (Å²) < 4.78 is 5.82. The largest absolute Gasteiger partial charge is 0.373 e. The van der Waals surface area contributed by atoms with Gasteiger partial charge < -0.3 is 15.0 Å². The Morgan fingerprint density at radius 1 is 1.15 bits per heavy atom. The maximum atomic E-state index is 13.1. The van der Waals surface area contributed by atoms with Gasteiger partial charge in [-0.2, -0.15) is 0 Å². The van der Waals surface area contributed by atoms with E-state index in [-0.39, 0.29) is 18.1 Å². The molecule has 0 radical (unpaired) electrons. The number of nitrogens with one attached hydrogen (secondary N) is 1. The van der Waals surface area contributed by atoms with Gasteiger partial charge in [0.05, 0.1) is 12.2 Å². The molecule has 2 heterocycles. The quantitative estimate of drug-likeness (QED) is 0.833. The molecule has 2 atom stereocenters. The number of morpholine rings is 1. The Bertz CT molecular complexity index is 588. The average molecular weight is 374 g/mol. The van der Waals surface area contributed by atoms with Crippen LogP contribution >= 0.6 is 0 Å². The van der Waals surface area contributed by atoms with Gasteiger partial charge in [-0.05, 0) is 63.9 Å². The molecule has 2 aliphatic heterocycles. The van der Waals surface area contributed by atoms with Crippen LogP contribution in [0.1, 0.15) is 56.0 Å². The third-order valence-electron chi connectivity index (χ3n) is 5.58. The second kappa shape index (κ2) is 9.67. The molecule has 5 nitrogen and oxygen atoms in total. The lowest BCUT2D eigenvalue weighted by atomic mass is 10.0. The van der Waals surface area contributed by atoms with E-state index in [0.717, 1.165) is 64.1 Å². The maximum Gasteiger partial charge on any atom is 0.254 e. The lowest BCUT2D eigenvalue weighted by Crippen LogP contribution is -2.46. The topological polar surface area (TPSA) is 44.8 Å². The molecule has 2 saturated heterocycles. The summed E-state index contributed by atoms with van der Waals surface area (Å²) >= 11 is 0. The van der Waals surface area contributed by atoms with Crippen LogP contribution < -0.4 is 5.32 Å². The van der Waals surface area contributed by atoms with Crippen LogP contribution in [0.5, 0.6) is 0 Å². The zero-order chi connectivity index (χ0) is 19.2. The van der Waals surface area contributed by atoms with Gasteiger partial charge in [0.2, 0.25) is 0 Å². The second-order valence-corrected chi connectivity index (χ2v) is 8.13. The lowest BCUT2D eigenvalue weighted by Gasteiger charge is -2.35. The first-order valence-corrected chi connectivity index (χ1v) is 10.5. The van der Waals surface area contributed by atoms with Crippen LogP contribution in [0.3, 0.4) is 0 Å². The molecule has 150 valence electrons. The highest BCUT2D eigenvalue weighted by Crippen LogP contribution is 2.18. The smallest absolute Gasteiger partial charge is 0.254 e. The van der Waals surface area contributed by atoms with Crippen LogP contribution in [0, 0.1) is 0 Å². The predicted octanol–water partition coefficient (Wildman–Crippen LogP) is 2.90. The van der Waals surface area contributed by atoms with Crippen molar-refractivity contribution in [3.05, 3.63) is 35.4 Å². The normalized spacial score (nSPS) is 24.7. The molecular formula is C22H35N3O2. The van der Waals surface area contributed by atoms with Gasteiger partial charge in [-0.25, -0.2) is 0 Å². The number of benzene rings is 1. The molecule has 0 spiro atoms. The highest BCUT2D eigenvalue weighted by Gasteiger charge is 2.26. The Morgan fingerprint density at radius 3 is 2.37 bits per heavy atom. The molecule has 1 N–H and O–H groups in total. The van der Waals surface area contributed by atoms with Gasteiger partial charge in [-0.3, -0.25) is 9.69 Å². The molecule has 2 fully saturated rings. The van der Waals surface area contributed by atoms with Crippen LogP contribution in [0.25, 0.3) is 0 Å². The van der Waals surface area contributed by atoms with Gasteiger partial charge >= 0.3 is 0 Å². The van der Waals surface area contributed by atoms with E-state index in [2.05, 4.69) is 48.0 Å². The highest BCUT2D eigenvalue weighted by molar-refractivity contribution is 5.94. The van der Waals surface area contributed by atoms with Crippen molar-refractivity contribution in [3.8, 4) is 0 Å². The minimum absolute atomic E-state index is 0.184. The number of carbonyl (C=O) groups is 1. The fraction of sp³-hybridized carbons (Fsp3) is 0.682. The fourth-order valence-electron chi connectivity index (χ4n) is 4.40. The number of hydrogen-bond donors (Lipinski definition) is 1. The molecule has 0 bridgehead atoms. The Hall–Kier alpha value is -1.43.